The van der Waals surface area contributed by atoms with Gasteiger partial charge >= 0.3 is 5.97 Å². The average molecular weight is 365 g/mol. The highest BCUT2D eigenvalue weighted by atomic mass is 79.9. The molecule has 0 rings (SSSR count). The van der Waals surface area contributed by atoms with E-state index in [1.165, 1.54) is 25.7 Å². The topological polar surface area (TPSA) is 92.4 Å². The van der Waals surface area contributed by atoms with Crippen LogP contribution in [0.25, 0.3) is 0 Å². The standard InChI is InChI=1S/C15H29BrN2O3/c16-11-7-4-2-1-3-5-10-14(19)18-12-8-6-9-13(17)15(20)21/h13H,1-12,17H2,(H,18,19)(H,20,21)/t13-/m0/s1. The van der Waals surface area contributed by atoms with E-state index in [-0.39, 0.29) is 5.91 Å². The van der Waals surface area contributed by atoms with Crippen molar-refractivity contribution in [3.05, 3.63) is 0 Å². The van der Waals surface area contributed by atoms with E-state index in [1.54, 1.807) is 0 Å². The first-order valence-electron chi connectivity index (χ1n) is 7.89. The first kappa shape index (κ1) is 20.4. The molecule has 1 amide bonds. The third-order valence-electron chi connectivity index (χ3n) is 3.37. The summed E-state index contributed by atoms with van der Waals surface area (Å²) in [7, 11) is 0. The fourth-order valence-electron chi connectivity index (χ4n) is 2.02. The Kier molecular flexibility index (Phi) is 13.9. The molecule has 0 saturated heterocycles. The van der Waals surface area contributed by atoms with Crippen LogP contribution < -0.4 is 11.1 Å². The van der Waals surface area contributed by atoms with Gasteiger partial charge in [0.2, 0.25) is 5.91 Å². The third-order valence-corrected chi connectivity index (χ3v) is 3.93. The molecular formula is C15H29BrN2O3. The van der Waals surface area contributed by atoms with Gasteiger partial charge in [0, 0.05) is 18.3 Å². The van der Waals surface area contributed by atoms with Crippen molar-refractivity contribution in [2.45, 2.75) is 70.3 Å². The zero-order chi connectivity index (χ0) is 15.9. The van der Waals surface area contributed by atoms with Gasteiger partial charge in [0.15, 0.2) is 0 Å². The van der Waals surface area contributed by atoms with Crippen LogP contribution in [0.4, 0.5) is 0 Å². The van der Waals surface area contributed by atoms with Crippen molar-refractivity contribution < 1.29 is 14.7 Å². The molecule has 0 aliphatic carbocycles. The molecule has 124 valence electrons. The van der Waals surface area contributed by atoms with Crippen LogP contribution in [0.3, 0.4) is 0 Å². The molecule has 0 fully saturated rings. The number of amides is 1. The van der Waals surface area contributed by atoms with Crippen molar-refractivity contribution in [1.29, 1.82) is 0 Å². The van der Waals surface area contributed by atoms with Crippen LogP contribution >= 0.6 is 15.9 Å². The van der Waals surface area contributed by atoms with Gasteiger partial charge < -0.3 is 16.2 Å². The normalized spacial score (nSPS) is 12.1. The lowest BCUT2D eigenvalue weighted by Crippen LogP contribution is -2.30. The maximum atomic E-state index is 11.5. The summed E-state index contributed by atoms with van der Waals surface area (Å²) in [5.41, 5.74) is 5.39. The summed E-state index contributed by atoms with van der Waals surface area (Å²) in [6.45, 7) is 0.608. The van der Waals surface area contributed by atoms with Gasteiger partial charge in [0.1, 0.15) is 6.04 Å². The van der Waals surface area contributed by atoms with Crippen LogP contribution in [-0.2, 0) is 9.59 Å². The number of aliphatic carboxylic acids is 1. The van der Waals surface area contributed by atoms with E-state index in [4.69, 9.17) is 10.8 Å². The predicted octanol–water partition coefficient (Wildman–Crippen LogP) is 2.81. The molecule has 0 radical (unpaired) electrons. The van der Waals surface area contributed by atoms with Gasteiger partial charge in [-0.25, -0.2) is 0 Å². The molecule has 1 atom stereocenters. The van der Waals surface area contributed by atoms with Crippen molar-refractivity contribution in [2.75, 3.05) is 11.9 Å². The van der Waals surface area contributed by atoms with E-state index in [1.807, 2.05) is 0 Å². The molecule has 0 bridgehead atoms. The maximum absolute atomic E-state index is 11.5. The van der Waals surface area contributed by atoms with E-state index >= 15 is 0 Å². The van der Waals surface area contributed by atoms with Crippen molar-refractivity contribution in [3.8, 4) is 0 Å². The van der Waals surface area contributed by atoms with Gasteiger partial charge in [0.25, 0.3) is 0 Å². The van der Waals surface area contributed by atoms with Crippen LogP contribution in [0.2, 0.25) is 0 Å². The van der Waals surface area contributed by atoms with Gasteiger partial charge in [-0.05, 0) is 32.1 Å². The number of carbonyl (C=O) groups is 2. The number of rotatable bonds is 14. The molecule has 0 aromatic rings. The Morgan fingerprint density at radius 1 is 1.00 bits per heavy atom. The number of carboxylic acid groups (broad SMARTS) is 1. The first-order valence-corrected chi connectivity index (χ1v) is 9.01. The van der Waals surface area contributed by atoms with Crippen molar-refractivity contribution in [2.24, 2.45) is 5.73 Å². The van der Waals surface area contributed by atoms with Crippen LogP contribution in [0, 0.1) is 0 Å². The summed E-state index contributed by atoms with van der Waals surface area (Å²) < 4.78 is 0. The maximum Gasteiger partial charge on any atom is 0.320 e. The quantitative estimate of drug-likeness (QED) is 0.326. The number of carboxylic acids is 1. The number of hydrogen-bond donors (Lipinski definition) is 3. The molecule has 0 heterocycles. The van der Waals surface area contributed by atoms with E-state index < -0.39 is 12.0 Å². The SMILES string of the molecule is N[C@@H](CCCCNC(=O)CCCCCCCCBr)C(=O)O. The number of hydrogen-bond acceptors (Lipinski definition) is 3. The van der Waals surface area contributed by atoms with Gasteiger partial charge in [-0.3, -0.25) is 9.59 Å². The second-order valence-corrected chi connectivity index (χ2v) is 6.14. The molecule has 0 aromatic heterocycles. The molecule has 21 heavy (non-hydrogen) atoms. The lowest BCUT2D eigenvalue weighted by molar-refractivity contribution is -0.138. The van der Waals surface area contributed by atoms with Crippen LogP contribution in [-0.4, -0.2) is 34.9 Å². The number of carbonyl (C=O) groups excluding carboxylic acids is 1. The lowest BCUT2D eigenvalue weighted by atomic mass is 10.1. The predicted molar refractivity (Wildman–Crippen MR) is 88.6 cm³/mol. The Balaban J connectivity index is 3.29. The van der Waals surface area contributed by atoms with Gasteiger partial charge in [-0.2, -0.15) is 0 Å². The third kappa shape index (κ3) is 14.1. The highest BCUT2D eigenvalue weighted by molar-refractivity contribution is 9.09. The second-order valence-electron chi connectivity index (χ2n) is 5.35. The van der Waals surface area contributed by atoms with Gasteiger partial charge in [-0.1, -0.05) is 41.6 Å². The summed E-state index contributed by atoms with van der Waals surface area (Å²) in [5, 5.41) is 12.6. The fourth-order valence-corrected chi connectivity index (χ4v) is 2.41. The number of nitrogens with one attached hydrogen (secondary N) is 1. The molecule has 0 spiro atoms. The van der Waals surface area contributed by atoms with Gasteiger partial charge in [-0.15, -0.1) is 0 Å². The summed E-state index contributed by atoms with van der Waals surface area (Å²) in [6, 6.07) is -0.787. The summed E-state index contributed by atoms with van der Waals surface area (Å²) in [5.74, 6) is -0.867. The Bertz CT molecular complexity index is 288. The van der Waals surface area contributed by atoms with Gasteiger partial charge in [0.05, 0.1) is 0 Å². The molecular weight excluding hydrogens is 336 g/mol. The minimum Gasteiger partial charge on any atom is -0.480 e. The van der Waals surface area contributed by atoms with Crippen LogP contribution in [0.1, 0.15) is 64.2 Å². The van der Waals surface area contributed by atoms with E-state index in [9.17, 15) is 9.59 Å². The second kappa shape index (κ2) is 14.3. The van der Waals surface area contributed by atoms with Crippen molar-refractivity contribution in [3.63, 3.8) is 0 Å². The van der Waals surface area contributed by atoms with Crippen molar-refractivity contribution in [1.82, 2.24) is 5.32 Å². The Labute approximate surface area is 136 Å². The molecule has 0 aliphatic rings. The number of unbranched alkanes of at least 4 members (excludes halogenated alkanes) is 6. The van der Waals surface area contributed by atoms with Crippen molar-refractivity contribution >= 4 is 27.8 Å². The Morgan fingerprint density at radius 3 is 2.24 bits per heavy atom. The number of alkyl halides is 1. The van der Waals surface area contributed by atoms with E-state index in [0.29, 0.717) is 19.4 Å². The van der Waals surface area contributed by atoms with E-state index in [0.717, 1.165) is 31.0 Å². The number of halogens is 1. The Morgan fingerprint density at radius 2 is 1.62 bits per heavy atom. The highest BCUT2D eigenvalue weighted by Crippen LogP contribution is 2.08. The Hall–Kier alpha value is -0.620. The zero-order valence-electron chi connectivity index (χ0n) is 12.8. The molecule has 0 aromatic carbocycles. The molecule has 4 N–H and O–H groups in total. The summed E-state index contributed by atoms with van der Waals surface area (Å²) in [6.07, 6.45) is 9.55. The van der Waals surface area contributed by atoms with Crippen LogP contribution in [0.5, 0.6) is 0 Å². The fraction of sp³-hybridized carbons (Fsp3) is 0.867. The summed E-state index contributed by atoms with van der Waals surface area (Å²) in [4.78, 5) is 22.1. The highest BCUT2D eigenvalue weighted by Gasteiger charge is 2.10. The minimum absolute atomic E-state index is 0.0954. The van der Waals surface area contributed by atoms with Crippen LogP contribution in [0.15, 0.2) is 0 Å². The molecule has 6 heteroatoms. The molecule has 0 aliphatic heterocycles. The summed E-state index contributed by atoms with van der Waals surface area (Å²) >= 11 is 3.41. The smallest absolute Gasteiger partial charge is 0.320 e. The largest absolute Gasteiger partial charge is 0.480 e. The molecule has 0 saturated carbocycles. The molecule has 0 unspecified atom stereocenters. The molecule has 5 nitrogen and oxygen atoms in total. The average Bonchev–Trinajstić information content (AvgIpc) is 2.45. The lowest BCUT2D eigenvalue weighted by Gasteiger charge is -2.07. The van der Waals surface area contributed by atoms with E-state index in [2.05, 4.69) is 21.2 Å². The monoisotopic (exact) mass is 364 g/mol. The minimum atomic E-state index is -0.963. The number of nitrogens with two attached hydrogens (primary N) is 1. The zero-order valence-corrected chi connectivity index (χ0v) is 14.4. The first-order chi connectivity index (χ1) is 10.1.